The summed E-state index contributed by atoms with van der Waals surface area (Å²) in [5.41, 5.74) is 1.04. The molecule has 2 N–H and O–H groups in total. The molecular formula is C24H23FN2O6. The van der Waals surface area contributed by atoms with Crippen molar-refractivity contribution < 1.29 is 32.9 Å². The van der Waals surface area contributed by atoms with Crippen LogP contribution < -0.4 is 29.6 Å². The Hall–Kier alpha value is -4.27. The van der Waals surface area contributed by atoms with Gasteiger partial charge in [-0.1, -0.05) is 6.07 Å². The SMILES string of the molecule is COc1ccc(NC(=O)c2ccc(OC)c(OC)c2OC)cc1NC(=O)c1cccc(F)c1. The van der Waals surface area contributed by atoms with Gasteiger partial charge >= 0.3 is 0 Å². The Balaban J connectivity index is 1.88. The third kappa shape index (κ3) is 5.15. The first kappa shape index (κ1) is 23.4. The lowest BCUT2D eigenvalue weighted by molar-refractivity contribution is 0.101. The van der Waals surface area contributed by atoms with E-state index in [9.17, 15) is 14.0 Å². The highest BCUT2D eigenvalue weighted by Gasteiger charge is 2.21. The van der Waals surface area contributed by atoms with E-state index in [2.05, 4.69) is 10.6 Å². The maximum Gasteiger partial charge on any atom is 0.259 e. The Morgan fingerprint density at radius 2 is 1.42 bits per heavy atom. The molecular weight excluding hydrogens is 431 g/mol. The van der Waals surface area contributed by atoms with Gasteiger partial charge in [0.05, 0.1) is 39.7 Å². The minimum atomic E-state index is -0.530. The molecule has 0 fully saturated rings. The molecule has 0 saturated carbocycles. The molecule has 3 aromatic carbocycles. The molecule has 9 heteroatoms. The Kier molecular flexibility index (Phi) is 7.34. The lowest BCUT2D eigenvalue weighted by atomic mass is 10.1. The van der Waals surface area contributed by atoms with Crippen LogP contribution in [0.15, 0.2) is 54.6 Å². The number of anilines is 2. The number of carbonyl (C=O) groups is 2. The van der Waals surface area contributed by atoms with Crippen LogP contribution in [0.2, 0.25) is 0 Å². The number of methoxy groups -OCH3 is 4. The predicted molar refractivity (Wildman–Crippen MR) is 121 cm³/mol. The Morgan fingerprint density at radius 1 is 0.727 bits per heavy atom. The number of halogens is 1. The number of ether oxygens (including phenoxy) is 4. The van der Waals surface area contributed by atoms with Crippen LogP contribution in [0.3, 0.4) is 0 Å². The number of benzene rings is 3. The summed E-state index contributed by atoms with van der Waals surface area (Å²) >= 11 is 0. The third-order valence-corrected chi connectivity index (χ3v) is 4.74. The molecule has 0 aliphatic heterocycles. The Bertz CT molecular complexity index is 1180. The van der Waals surface area contributed by atoms with Gasteiger partial charge in [0.15, 0.2) is 11.5 Å². The molecule has 0 bridgehead atoms. The maximum absolute atomic E-state index is 13.5. The average molecular weight is 454 g/mol. The number of carbonyl (C=O) groups excluding carboxylic acids is 2. The average Bonchev–Trinajstić information content (AvgIpc) is 2.83. The van der Waals surface area contributed by atoms with Crippen molar-refractivity contribution in [1.29, 1.82) is 0 Å². The Labute approximate surface area is 190 Å². The number of rotatable bonds is 8. The van der Waals surface area contributed by atoms with Crippen molar-refractivity contribution in [2.24, 2.45) is 0 Å². The molecule has 0 aromatic heterocycles. The third-order valence-electron chi connectivity index (χ3n) is 4.74. The smallest absolute Gasteiger partial charge is 0.259 e. The molecule has 0 unspecified atom stereocenters. The van der Waals surface area contributed by atoms with E-state index in [0.29, 0.717) is 22.9 Å². The molecule has 172 valence electrons. The normalized spacial score (nSPS) is 10.2. The summed E-state index contributed by atoms with van der Waals surface area (Å²) in [5.74, 6) is -0.259. The van der Waals surface area contributed by atoms with Crippen LogP contribution in [-0.2, 0) is 0 Å². The van der Waals surface area contributed by atoms with E-state index in [1.807, 2.05) is 0 Å². The van der Waals surface area contributed by atoms with Gasteiger partial charge in [-0.05, 0) is 48.5 Å². The fraction of sp³-hybridized carbons (Fsp3) is 0.167. The molecule has 0 atom stereocenters. The van der Waals surface area contributed by atoms with E-state index in [1.165, 1.54) is 52.7 Å². The van der Waals surface area contributed by atoms with Gasteiger partial charge < -0.3 is 29.6 Å². The van der Waals surface area contributed by atoms with E-state index in [4.69, 9.17) is 18.9 Å². The zero-order chi connectivity index (χ0) is 24.0. The first-order chi connectivity index (χ1) is 15.9. The number of amides is 2. The fourth-order valence-electron chi connectivity index (χ4n) is 3.19. The van der Waals surface area contributed by atoms with Crippen LogP contribution in [0.5, 0.6) is 23.0 Å². The largest absolute Gasteiger partial charge is 0.495 e. The first-order valence-corrected chi connectivity index (χ1v) is 9.77. The van der Waals surface area contributed by atoms with Crippen LogP contribution in [0.1, 0.15) is 20.7 Å². The molecule has 3 rings (SSSR count). The quantitative estimate of drug-likeness (QED) is 0.525. The van der Waals surface area contributed by atoms with E-state index < -0.39 is 17.6 Å². The zero-order valence-electron chi connectivity index (χ0n) is 18.5. The van der Waals surface area contributed by atoms with Gasteiger partial charge in [-0.25, -0.2) is 4.39 Å². The van der Waals surface area contributed by atoms with Crippen molar-refractivity contribution in [2.75, 3.05) is 39.1 Å². The first-order valence-electron chi connectivity index (χ1n) is 9.77. The van der Waals surface area contributed by atoms with Gasteiger partial charge in [-0.2, -0.15) is 0 Å². The highest BCUT2D eigenvalue weighted by atomic mass is 19.1. The van der Waals surface area contributed by atoms with Gasteiger partial charge in [-0.3, -0.25) is 9.59 Å². The summed E-state index contributed by atoms with van der Waals surface area (Å²) in [6.45, 7) is 0. The van der Waals surface area contributed by atoms with Crippen molar-refractivity contribution in [1.82, 2.24) is 0 Å². The van der Waals surface area contributed by atoms with Gasteiger partial charge in [0.25, 0.3) is 11.8 Å². The van der Waals surface area contributed by atoms with Gasteiger partial charge in [0.2, 0.25) is 5.75 Å². The maximum atomic E-state index is 13.5. The van der Waals surface area contributed by atoms with Gasteiger partial charge in [0, 0.05) is 11.3 Å². The molecule has 33 heavy (non-hydrogen) atoms. The second kappa shape index (κ2) is 10.4. The van der Waals surface area contributed by atoms with Crippen LogP contribution in [-0.4, -0.2) is 40.3 Å². The van der Waals surface area contributed by atoms with E-state index in [1.54, 1.807) is 24.3 Å². The van der Waals surface area contributed by atoms with Crippen molar-refractivity contribution in [2.45, 2.75) is 0 Å². The second-order valence-corrected chi connectivity index (χ2v) is 6.72. The second-order valence-electron chi connectivity index (χ2n) is 6.72. The number of hydrogen-bond acceptors (Lipinski definition) is 6. The van der Waals surface area contributed by atoms with Crippen molar-refractivity contribution >= 4 is 23.2 Å². The van der Waals surface area contributed by atoms with E-state index in [-0.39, 0.29) is 22.6 Å². The zero-order valence-corrected chi connectivity index (χ0v) is 18.5. The van der Waals surface area contributed by atoms with E-state index >= 15 is 0 Å². The van der Waals surface area contributed by atoms with Crippen LogP contribution in [0.25, 0.3) is 0 Å². The summed E-state index contributed by atoms with van der Waals surface area (Å²) in [6, 6.07) is 13.2. The molecule has 0 heterocycles. The molecule has 0 saturated heterocycles. The monoisotopic (exact) mass is 454 g/mol. The molecule has 3 aromatic rings. The summed E-state index contributed by atoms with van der Waals surface area (Å²) in [4.78, 5) is 25.5. The highest BCUT2D eigenvalue weighted by Crippen LogP contribution is 2.40. The fourth-order valence-corrected chi connectivity index (χ4v) is 3.19. The Morgan fingerprint density at radius 3 is 2.06 bits per heavy atom. The lowest BCUT2D eigenvalue weighted by Crippen LogP contribution is -2.15. The van der Waals surface area contributed by atoms with Gasteiger partial charge in [-0.15, -0.1) is 0 Å². The summed E-state index contributed by atoms with van der Waals surface area (Å²) in [7, 11) is 5.79. The number of nitrogens with one attached hydrogen (secondary N) is 2. The molecule has 0 aliphatic carbocycles. The predicted octanol–water partition coefficient (Wildman–Crippen LogP) is 4.36. The van der Waals surface area contributed by atoms with Crippen LogP contribution in [0.4, 0.5) is 15.8 Å². The minimum Gasteiger partial charge on any atom is -0.495 e. The van der Waals surface area contributed by atoms with E-state index in [0.717, 1.165) is 6.07 Å². The van der Waals surface area contributed by atoms with Crippen molar-refractivity contribution in [3.8, 4) is 23.0 Å². The number of hydrogen-bond donors (Lipinski definition) is 2. The summed E-state index contributed by atoms with van der Waals surface area (Å²) < 4.78 is 34.7. The van der Waals surface area contributed by atoms with Crippen molar-refractivity contribution in [3.63, 3.8) is 0 Å². The van der Waals surface area contributed by atoms with Crippen LogP contribution >= 0.6 is 0 Å². The molecule has 0 spiro atoms. The summed E-state index contributed by atoms with van der Waals surface area (Å²) in [5, 5.41) is 5.42. The standard InChI is InChI=1S/C24H23FN2O6/c1-30-19-10-8-16(13-18(19)27-23(28)14-6-5-7-15(25)12-14)26-24(29)17-9-11-20(31-2)22(33-4)21(17)32-3/h5-13H,1-4H3,(H,26,29)(H,27,28). The molecule has 2 amide bonds. The van der Waals surface area contributed by atoms with Crippen LogP contribution in [0, 0.1) is 5.82 Å². The lowest BCUT2D eigenvalue weighted by Gasteiger charge is -2.16. The minimum absolute atomic E-state index is 0.140. The molecule has 0 radical (unpaired) electrons. The van der Waals surface area contributed by atoms with Crippen molar-refractivity contribution in [3.05, 3.63) is 71.5 Å². The van der Waals surface area contributed by atoms with Gasteiger partial charge in [0.1, 0.15) is 11.6 Å². The highest BCUT2D eigenvalue weighted by molar-refractivity contribution is 6.08. The molecule has 8 nitrogen and oxygen atoms in total. The topological polar surface area (TPSA) is 95.1 Å². The summed E-state index contributed by atoms with van der Waals surface area (Å²) in [6.07, 6.45) is 0. The molecule has 0 aliphatic rings.